The summed E-state index contributed by atoms with van der Waals surface area (Å²) in [5.41, 5.74) is 0.480. The molecule has 1 N–H and O–H groups in total. The Kier molecular flexibility index (Phi) is 1.88. The van der Waals surface area contributed by atoms with Crippen LogP contribution in [0.3, 0.4) is 0 Å². The summed E-state index contributed by atoms with van der Waals surface area (Å²) < 4.78 is 0. The van der Waals surface area contributed by atoms with E-state index in [9.17, 15) is 5.11 Å². The van der Waals surface area contributed by atoms with E-state index in [1.165, 1.54) is 0 Å². The molecule has 0 atom stereocenters. The lowest BCUT2D eigenvalue weighted by Gasteiger charge is -1.96. The molecule has 1 heterocycles. The number of benzene rings is 1. The third-order valence-electron chi connectivity index (χ3n) is 1.55. The first-order chi connectivity index (χ1) is 6.36. The van der Waals surface area contributed by atoms with Gasteiger partial charge in [0.1, 0.15) is 11.4 Å². The molecule has 1 aromatic carbocycles. The normalized spacial score (nSPS) is 13.7. The van der Waals surface area contributed by atoms with E-state index in [0.29, 0.717) is 11.6 Å². The zero-order valence-electron chi connectivity index (χ0n) is 6.75. The molecule has 0 fully saturated rings. The van der Waals surface area contributed by atoms with Gasteiger partial charge in [-0.2, -0.15) is 0 Å². The quantitative estimate of drug-likeness (QED) is 0.687. The number of aliphatic imine (C=N–C) groups is 3. The van der Waals surface area contributed by atoms with Crippen molar-refractivity contribution in [1.82, 2.24) is 0 Å². The van der Waals surface area contributed by atoms with Gasteiger partial charge in [-0.05, 0) is 12.1 Å². The van der Waals surface area contributed by atoms with Gasteiger partial charge in [0, 0.05) is 12.4 Å². The Morgan fingerprint density at radius 3 is 2.46 bits per heavy atom. The molecular weight excluding hydrogens is 166 g/mol. The van der Waals surface area contributed by atoms with Crippen LogP contribution in [0.5, 0.6) is 5.75 Å². The molecule has 0 aromatic heterocycles. The molecule has 4 heteroatoms. The van der Waals surface area contributed by atoms with E-state index >= 15 is 0 Å². The molecule has 13 heavy (non-hydrogen) atoms. The number of hydrogen-bond donors (Lipinski definition) is 1. The third-order valence-corrected chi connectivity index (χ3v) is 1.55. The smallest absolute Gasteiger partial charge is 0.250 e. The van der Waals surface area contributed by atoms with Crippen LogP contribution in [0, 0.1) is 0 Å². The van der Waals surface area contributed by atoms with Crippen LogP contribution in [0.15, 0.2) is 39.2 Å². The van der Waals surface area contributed by atoms with E-state index in [4.69, 9.17) is 0 Å². The van der Waals surface area contributed by atoms with Gasteiger partial charge in [0.15, 0.2) is 0 Å². The molecule has 0 bridgehead atoms. The number of nitrogens with zero attached hydrogens (tertiary/aromatic N) is 3. The number of para-hydroxylation sites is 2. The zero-order chi connectivity index (χ0) is 9.10. The molecule has 1 aliphatic heterocycles. The van der Waals surface area contributed by atoms with Crippen molar-refractivity contribution >= 4 is 24.1 Å². The maximum atomic E-state index is 9.36. The van der Waals surface area contributed by atoms with E-state index < -0.39 is 0 Å². The summed E-state index contributed by atoms with van der Waals surface area (Å²) in [6.07, 6.45) is 3.11. The molecule has 0 radical (unpaired) electrons. The van der Waals surface area contributed by atoms with E-state index in [1.54, 1.807) is 36.7 Å². The minimum atomic E-state index is 0.132. The van der Waals surface area contributed by atoms with Gasteiger partial charge in [-0.15, -0.1) is 0 Å². The number of phenolic OH excluding ortho intramolecular Hbond substituents is 1. The van der Waals surface area contributed by atoms with Gasteiger partial charge in [-0.1, -0.05) is 12.1 Å². The molecule has 0 saturated heterocycles. The second-order valence-corrected chi connectivity index (χ2v) is 2.46. The summed E-state index contributed by atoms with van der Waals surface area (Å²) in [4.78, 5) is 11.8. The summed E-state index contributed by atoms with van der Waals surface area (Å²) in [5, 5.41) is 9.36. The lowest BCUT2D eigenvalue weighted by atomic mass is 10.3. The van der Waals surface area contributed by atoms with Crippen molar-refractivity contribution in [2.24, 2.45) is 15.0 Å². The van der Waals surface area contributed by atoms with Crippen LogP contribution in [0.1, 0.15) is 0 Å². The number of phenols is 1. The summed E-state index contributed by atoms with van der Waals surface area (Å²) >= 11 is 0. The van der Waals surface area contributed by atoms with Crippen LogP contribution >= 0.6 is 0 Å². The molecule has 64 valence electrons. The van der Waals surface area contributed by atoms with E-state index in [2.05, 4.69) is 15.0 Å². The molecule has 0 amide bonds. The first-order valence-electron chi connectivity index (χ1n) is 3.80. The summed E-state index contributed by atoms with van der Waals surface area (Å²) in [6, 6.07) is 6.80. The topological polar surface area (TPSA) is 57.3 Å². The van der Waals surface area contributed by atoms with Crippen LogP contribution in [0.25, 0.3) is 0 Å². The molecule has 4 nitrogen and oxygen atoms in total. The average Bonchev–Trinajstić information content (AvgIpc) is 2.61. The molecule has 0 spiro atoms. The van der Waals surface area contributed by atoms with Crippen LogP contribution in [-0.4, -0.2) is 23.5 Å². The Morgan fingerprint density at radius 2 is 1.77 bits per heavy atom. The number of aromatic hydroxyl groups is 1. The van der Waals surface area contributed by atoms with Gasteiger partial charge >= 0.3 is 0 Å². The average molecular weight is 173 g/mol. The standard InChI is InChI=1S/C9H7N3O/c13-8-4-2-1-3-7(8)12-9-10-5-6-11-9/h1-6,13H. The van der Waals surface area contributed by atoms with Crippen LogP contribution < -0.4 is 0 Å². The fraction of sp³-hybridized carbons (Fsp3) is 0. The Bertz CT molecular complexity index is 393. The largest absolute Gasteiger partial charge is 0.506 e. The van der Waals surface area contributed by atoms with Gasteiger partial charge in [-0.3, -0.25) is 0 Å². The zero-order valence-corrected chi connectivity index (χ0v) is 6.75. The first kappa shape index (κ1) is 7.67. The number of guanidine groups is 1. The number of rotatable bonds is 1. The van der Waals surface area contributed by atoms with Crippen LogP contribution in [-0.2, 0) is 0 Å². The van der Waals surface area contributed by atoms with Crippen molar-refractivity contribution in [2.75, 3.05) is 0 Å². The molecule has 2 rings (SSSR count). The van der Waals surface area contributed by atoms with Crippen LogP contribution in [0.2, 0.25) is 0 Å². The van der Waals surface area contributed by atoms with Crippen molar-refractivity contribution in [3.63, 3.8) is 0 Å². The van der Waals surface area contributed by atoms with Crippen molar-refractivity contribution in [1.29, 1.82) is 0 Å². The fourth-order valence-corrected chi connectivity index (χ4v) is 0.958. The van der Waals surface area contributed by atoms with E-state index in [1.807, 2.05) is 0 Å². The van der Waals surface area contributed by atoms with Crippen molar-refractivity contribution in [3.05, 3.63) is 24.3 Å². The molecule has 0 saturated carbocycles. The van der Waals surface area contributed by atoms with Gasteiger partial charge in [-0.25, -0.2) is 15.0 Å². The fourth-order valence-electron chi connectivity index (χ4n) is 0.958. The highest BCUT2D eigenvalue weighted by atomic mass is 16.3. The predicted molar refractivity (Wildman–Crippen MR) is 52.2 cm³/mol. The minimum absolute atomic E-state index is 0.132. The monoisotopic (exact) mass is 173 g/mol. The lowest BCUT2D eigenvalue weighted by Crippen LogP contribution is -1.81. The third kappa shape index (κ3) is 1.61. The van der Waals surface area contributed by atoms with Gasteiger partial charge < -0.3 is 5.11 Å². The van der Waals surface area contributed by atoms with Gasteiger partial charge in [0.05, 0.1) is 0 Å². The highest BCUT2D eigenvalue weighted by Gasteiger charge is 2.00. The second-order valence-electron chi connectivity index (χ2n) is 2.46. The minimum Gasteiger partial charge on any atom is -0.506 e. The summed E-state index contributed by atoms with van der Waals surface area (Å²) in [5.74, 6) is 0.494. The van der Waals surface area contributed by atoms with Crippen molar-refractivity contribution < 1.29 is 5.11 Å². The van der Waals surface area contributed by atoms with Crippen molar-refractivity contribution in [3.8, 4) is 5.75 Å². The summed E-state index contributed by atoms with van der Waals surface area (Å²) in [7, 11) is 0. The highest BCUT2D eigenvalue weighted by Crippen LogP contribution is 2.25. The van der Waals surface area contributed by atoms with Gasteiger partial charge in [0.25, 0.3) is 0 Å². The van der Waals surface area contributed by atoms with E-state index in [0.717, 1.165) is 0 Å². The van der Waals surface area contributed by atoms with Gasteiger partial charge in [0.2, 0.25) is 5.96 Å². The Hall–Kier alpha value is -1.97. The van der Waals surface area contributed by atoms with Crippen LogP contribution in [0.4, 0.5) is 5.69 Å². The lowest BCUT2D eigenvalue weighted by molar-refractivity contribution is 0.477. The van der Waals surface area contributed by atoms with E-state index in [-0.39, 0.29) is 5.75 Å². The Morgan fingerprint density at radius 1 is 1.08 bits per heavy atom. The van der Waals surface area contributed by atoms with Crippen molar-refractivity contribution in [2.45, 2.75) is 0 Å². The summed E-state index contributed by atoms with van der Waals surface area (Å²) in [6.45, 7) is 0. The molecule has 0 aliphatic carbocycles. The molecule has 1 aliphatic rings. The maximum Gasteiger partial charge on any atom is 0.250 e. The highest BCUT2D eigenvalue weighted by molar-refractivity contribution is 6.26. The Balaban J connectivity index is 2.37. The SMILES string of the molecule is Oc1ccccc1N=C1N=CC=N1. The molecule has 0 unspecified atom stereocenters. The Labute approximate surface area is 75.0 Å². The first-order valence-corrected chi connectivity index (χ1v) is 3.80. The predicted octanol–water partition coefficient (Wildman–Crippen LogP) is 1.53. The molecule has 1 aromatic rings. The number of hydrogen-bond acceptors (Lipinski definition) is 2. The second kappa shape index (κ2) is 3.18. The molecular formula is C9H7N3O. The maximum absolute atomic E-state index is 9.36.